The van der Waals surface area contributed by atoms with Gasteiger partial charge in [-0.15, -0.1) is 0 Å². The number of morpholine rings is 1. The van der Waals surface area contributed by atoms with E-state index < -0.39 is 0 Å². The molecule has 1 aromatic rings. The van der Waals surface area contributed by atoms with Crippen LogP contribution in [0.1, 0.15) is 44.1 Å². The molecule has 0 atom stereocenters. The zero-order valence-corrected chi connectivity index (χ0v) is 13.9. The van der Waals surface area contributed by atoms with Crippen molar-refractivity contribution in [1.82, 2.24) is 20.4 Å². The Kier molecular flexibility index (Phi) is 5.67. The number of aromatic amines is 1. The normalized spacial score (nSPS) is 21.9. The van der Waals surface area contributed by atoms with E-state index in [1.54, 1.807) is 6.20 Å². The molecule has 128 valence electrons. The summed E-state index contributed by atoms with van der Waals surface area (Å²) in [6.45, 7) is 4.39. The average Bonchev–Trinajstić information content (AvgIpc) is 3.13. The zero-order valence-electron chi connectivity index (χ0n) is 13.9. The van der Waals surface area contributed by atoms with E-state index in [-0.39, 0.29) is 11.4 Å². The van der Waals surface area contributed by atoms with Crippen LogP contribution in [0, 0.1) is 0 Å². The van der Waals surface area contributed by atoms with Crippen molar-refractivity contribution in [2.24, 2.45) is 0 Å². The van der Waals surface area contributed by atoms with Crippen LogP contribution < -0.4 is 5.32 Å². The zero-order chi connectivity index (χ0) is 16.0. The molecule has 0 radical (unpaired) electrons. The van der Waals surface area contributed by atoms with E-state index in [9.17, 15) is 4.79 Å². The van der Waals surface area contributed by atoms with Crippen LogP contribution in [0.4, 0.5) is 0 Å². The minimum atomic E-state index is 0.143. The molecule has 0 aromatic carbocycles. The van der Waals surface area contributed by atoms with Gasteiger partial charge in [0, 0.05) is 37.8 Å². The Labute approximate surface area is 138 Å². The van der Waals surface area contributed by atoms with Gasteiger partial charge in [-0.3, -0.25) is 14.8 Å². The maximum atomic E-state index is 12.2. The van der Waals surface area contributed by atoms with Crippen LogP contribution in [0.15, 0.2) is 12.4 Å². The van der Waals surface area contributed by atoms with Crippen molar-refractivity contribution in [2.75, 3.05) is 32.8 Å². The number of nitrogens with zero attached hydrogens (tertiary/aromatic N) is 2. The molecule has 2 N–H and O–H groups in total. The lowest BCUT2D eigenvalue weighted by Crippen LogP contribution is -2.59. The smallest absolute Gasteiger partial charge is 0.220 e. The third-order valence-corrected chi connectivity index (χ3v) is 5.28. The summed E-state index contributed by atoms with van der Waals surface area (Å²) in [5, 5.41) is 9.90. The summed E-state index contributed by atoms with van der Waals surface area (Å²) in [4.78, 5) is 14.8. The fraction of sp³-hybridized carbons (Fsp3) is 0.765. The van der Waals surface area contributed by atoms with Crippen LogP contribution in [0.5, 0.6) is 0 Å². The first-order chi connectivity index (χ1) is 11.3. The van der Waals surface area contributed by atoms with Crippen molar-refractivity contribution < 1.29 is 9.53 Å². The molecule has 1 amide bonds. The Morgan fingerprint density at radius 2 is 2.09 bits per heavy atom. The van der Waals surface area contributed by atoms with E-state index in [1.807, 2.05) is 6.20 Å². The molecule has 2 fully saturated rings. The molecule has 0 bridgehead atoms. The first-order valence-corrected chi connectivity index (χ1v) is 8.86. The van der Waals surface area contributed by atoms with Crippen molar-refractivity contribution in [3.05, 3.63) is 18.0 Å². The van der Waals surface area contributed by atoms with E-state index in [0.29, 0.717) is 6.42 Å². The second kappa shape index (κ2) is 7.93. The van der Waals surface area contributed by atoms with Crippen LogP contribution in [0.3, 0.4) is 0 Å². The fourth-order valence-corrected chi connectivity index (χ4v) is 3.88. The predicted octanol–water partition coefficient (Wildman–Crippen LogP) is 1.49. The lowest BCUT2D eigenvalue weighted by Gasteiger charge is -2.48. The molecule has 1 saturated heterocycles. The van der Waals surface area contributed by atoms with Gasteiger partial charge in [0.2, 0.25) is 5.91 Å². The number of amides is 1. The molecule has 2 aliphatic rings. The van der Waals surface area contributed by atoms with Crippen molar-refractivity contribution >= 4 is 5.91 Å². The number of rotatable bonds is 6. The molecular formula is C17H28N4O2. The van der Waals surface area contributed by atoms with Crippen molar-refractivity contribution in [2.45, 2.75) is 50.5 Å². The van der Waals surface area contributed by atoms with Crippen LogP contribution in [-0.4, -0.2) is 59.4 Å². The van der Waals surface area contributed by atoms with Crippen LogP contribution in [0.2, 0.25) is 0 Å². The number of hydrogen-bond acceptors (Lipinski definition) is 4. The maximum absolute atomic E-state index is 12.2. The number of aryl methyl sites for hydroxylation is 1. The fourth-order valence-electron chi connectivity index (χ4n) is 3.88. The average molecular weight is 320 g/mol. The number of carbonyl (C=O) groups is 1. The quantitative estimate of drug-likeness (QED) is 0.833. The molecule has 1 aliphatic carbocycles. The van der Waals surface area contributed by atoms with Crippen LogP contribution in [0.25, 0.3) is 0 Å². The summed E-state index contributed by atoms with van der Waals surface area (Å²) in [5.41, 5.74) is 1.23. The molecule has 0 spiro atoms. The summed E-state index contributed by atoms with van der Waals surface area (Å²) in [5.74, 6) is 0.143. The Bertz CT molecular complexity index is 477. The summed E-state index contributed by atoms with van der Waals surface area (Å²) in [6, 6.07) is 0. The lowest BCUT2D eigenvalue weighted by atomic mass is 9.79. The second-order valence-electron chi connectivity index (χ2n) is 6.77. The third-order valence-electron chi connectivity index (χ3n) is 5.28. The van der Waals surface area contributed by atoms with Crippen molar-refractivity contribution in [1.29, 1.82) is 0 Å². The van der Waals surface area contributed by atoms with Gasteiger partial charge in [-0.25, -0.2) is 0 Å². The number of nitrogens with one attached hydrogen (secondary N) is 2. The molecule has 3 rings (SSSR count). The standard InChI is InChI=1S/C17H28N4O2/c22-16(5-4-15-12-19-20-13-15)18-14-17(6-2-1-3-7-17)21-8-10-23-11-9-21/h12-13H,1-11,14H2,(H,18,22)(H,19,20). The molecule has 6 nitrogen and oxygen atoms in total. The van der Waals surface area contributed by atoms with Gasteiger partial charge in [0.25, 0.3) is 0 Å². The summed E-state index contributed by atoms with van der Waals surface area (Å²) in [7, 11) is 0. The lowest BCUT2D eigenvalue weighted by molar-refractivity contribution is -0.122. The molecule has 2 heterocycles. The predicted molar refractivity (Wildman–Crippen MR) is 88.1 cm³/mol. The van der Waals surface area contributed by atoms with Crippen LogP contribution >= 0.6 is 0 Å². The number of carbonyl (C=O) groups excluding carboxylic acids is 1. The highest BCUT2D eigenvalue weighted by atomic mass is 16.5. The first-order valence-electron chi connectivity index (χ1n) is 8.86. The molecule has 1 aliphatic heterocycles. The number of ether oxygens (including phenoxy) is 1. The Morgan fingerprint density at radius 1 is 1.30 bits per heavy atom. The second-order valence-corrected chi connectivity index (χ2v) is 6.77. The molecule has 6 heteroatoms. The number of hydrogen-bond donors (Lipinski definition) is 2. The van der Waals surface area contributed by atoms with Crippen LogP contribution in [-0.2, 0) is 16.0 Å². The van der Waals surface area contributed by atoms with Crippen molar-refractivity contribution in [3.8, 4) is 0 Å². The minimum absolute atomic E-state index is 0.143. The molecule has 1 saturated carbocycles. The van der Waals surface area contributed by atoms with Crippen molar-refractivity contribution in [3.63, 3.8) is 0 Å². The third kappa shape index (κ3) is 4.32. The molecule has 1 aromatic heterocycles. The molecule has 23 heavy (non-hydrogen) atoms. The highest BCUT2D eigenvalue weighted by Crippen LogP contribution is 2.33. The highest BCUT2D eigenvalue weighted by molar-refractivity contribution is 5.76. The van der Waals surface area contributed by atoms with E-state index >= 15 is 0 Å². The highest BCUT2D eigenvalue weighted by Gasteiger charge is 2.38. The summed E-state index contributed by atoms with van der Waals surface area (Å²) < 4.78 is 5.50. The topological polar surface area (TPSA) is 70.2 Å². The van der Waals surface area contributed by atoms with Gasteiger partial charge >= 0.3 is 0 Å². The van der Waals surface area contributed by atoms with E-state index in [1.165, 1.54) is 32.1 Å². The summed E-state index contributed by atoms with van der Waals surface area (Å²) in [6.07, 6.45) is 11.1. The monoisotopic (exact) mass is 320 g/mol. The van der Waals surface area contributed by atoms with Gasteiger partial charge in [0.1, 0.15) is 0 Å². The molecular weight excluding hydrogens is 292 g/mol. The van der Waals surface area contributed by atoms with Gasteiger partial charge in [0.05, 0.1) is 19.4 Å². The summed E-state index contributed by atoms with van der Waals surface area (Å²) >= 11 is 0. The number of H-pyrrole nitrogens is 1. The molecule has 0 unspecified atom stereocenters. The Hall–Kier alpha value is -1.40. The Balaban J connectivity index is 1.52. The first kappa shape index (κ1) is 16.5. The van der Waals surface area contributed by atoms with E-state index in [4.69, 9.17) is 4.74 Å². The Morgan fingerprint density at radius 3 is 2.78 bits per heavy atom. The largest absolute Gasteiger partial charge is 0.379 e. The maximum Gasteiger partial charge on any atom is 0.220 e. The van der Waals surface area contributed by atoms with Gasteiger partial charge in [0.15, 0.2) is 0 Å². The van der Waals surface area contributed by atoms with E-state index in [2.05, 4.69) is 20.4 Å². The SMILES string of the molecule is O=C(CCc1cn[nH]c1)NCC1(N2CCOCC2)CCCCC1. The van der Waals surface area contributed by atoms with Gasteiger partial charge in [-0.1, -0.05) is 19.3 Å². The van der Waals surface area contributed by atoms with Gasteiger partial charge in [-0.2, -0.15) is 5.10 Å². The minimum Gasteiger partial charge on any atom is -0.379 e. The van der Waals surface area contributed by atoms with Gasteiger partial charge in [-0.05, 0) is 24.8 Å². The van der Waals surface area contributed by atoms with E-state index in [0.717, 1.165) is 44.8 Å². The number of aromatic nitrogens is 2. The van der Waals surface area contributed by atoms with Gasteiger partial charge < -0.3 is 10.1 Å².